The molecular weight excluding hydrogens is 129 g/mol. The molecule has 0 saturated carbocycles. The Labute approximate surface area is 63.2 Å². The van der Waals surface area contributed by atoms with Crippen LogP contribution >= 0.6 is 0 Å². The molecule has 1 nitrogen and oxygen atoms in total. The minimum absolute atomic E-state index is 0.192. The van der Waals surface area contributed by atoms with Gasteiger partial charge in [0.2, 0.25) is 0 Å². The molecule has 0 aromatic rings. The van der Waals surface area contributed by atoms with Gasteiger partial charge < -0.3 is 4.90 Å². The zero-order valence-corrected chi connectivity index (χ0v) is 7.23. The molecule has 10 heavy (non-hydrogen) atoms. The highest BCUT2D eigenvalue weighted by Crippen LogP contribution is 2.05. The highest BCUT2D eigenvalue weighted by molar-refractivity contribution is 4.64. The number of alkyl halides is 1. The Bertz CT molecular complexity index is 75.7. The Hall–Kier alpha value is -0.110. The minimum Gasteiger partial charge on any atom is -0.304 e. The summed E-state index contributed by atoms with van der Waals surface area (Å²) in [6.45, 7) is 5.02. The van der Waals surface area contributed by atoms with E-state index in [0.29, 0.717) is 12.5 Å². The molecule has 0 amide bonds. The molecule has 0 rings (SSSR count). The van der Waals surface area contributed by atoms with E-state index in [0.717, 1.165) is 13.0 Å². The molecule has 0 heterocycles. The molecule has 0 aromatic heterocycles. The summed E-state index contributed by atoms with van der Waals surface area (Å²) in [7, 11) is 2.05. The molecule has 62 valence electrons. The van der Waals surface area contributed by atoms with Gasteiger partial charge in [0.25, 0.3) is 0 Å². The van der Waals surface area contributed by atoms with E-state index in [1.165, 1.54) is 0 Å². The van der Waals surface area contributed by atoms with E-state index in [1.807, 2.05) is 7.05 Å². The van der Waals surface area contributed by atoms with Crippen molar-refractivity contribution in [2.24, 2.45) is 0 Å². The van der Waals surface area contributed by atoms with E-state index in [4.69, 9.17) is 0 Å². The molecule has 1 atom stereocenters. The van der Waals surface area contributed by atoms with Crippen molar-refractivity contribution in [1.29, 1.82) is 0 Å². The first-order chi connectivity index (χ1) is 4.76. The van der Waals surface area contributed by atoms with Gasteiger partial charge in [0.05, 0.1) is 6.67 Å². The third-order valence-corrected chi connectivity index (χ3v) is 2.04. The number of nitrogens with zero attached hydrogens (tertiary/aromatic N) is 1. The van der Waals surface area contributed by atoms with E-state index in [-0.39, 0.29) is 6.67 Å². The van der Waals surface area contributed by atoms with Crippen molar-refractivity contribution in [2.45, 2.75) is 32.7 Å². The van der Waals surface area contributed by atoms with Crippen molar-refractivity contribution < 1.29 is 4.39 Å². The molecule has 0 saturated heterocycles. The second-order valence-electron chi connectivity index (χ2n) is 2.61. The minimum atomic E-state index is -0.192. The molecule has 0 aliphatic carbocycles. The molecule has 0 fully saturated rings. The Kier molecular flexibility index (Phi) is 5.60. The quantitative estimate of drug-likeness (QED) is 0.575. The SMILES string of the molecule is CCC(CCF)N(C)CC. The van der Waals surface area contributed by atoms with Crippen molar-refractivity contribution in [3.63, 3.8) is 0 Å². The Morgan fingerprint density at radius 2 is 2.00 bits per heavy atom. The second kappa shape index (κ2) is 5.66. The molecule has 2 heteroatoms. The molecule has 0 aliphatic heterocycles. The van der Waals surface area contributed by atoms with Crippen LogP contribution in [0, 0.1) is 0 Å². The first kappa shape index (κ1) is 9.89. The van der Waals surface area contributed by atoms with Crippen molar-refractivity contribution in [1.82, 2.24) is 4.90 Å². The largest absolute Gasteiger partial charge is 0.304 e. The maximum Gasteiger partial charge on any atom is 0.0909 e. The number of halogens is 1. The van der Waals surface area contributed by atoms with Gasteiger partial charge in [-0.3, -0.25) is 4.39 Å². The zero-order chi connectivity index (χ0) is 7.98. The van der Waals surface area contributed by atoms with Gasteiger partial charge in [-0.2, -0.15) is 0 Å². The average Bonchev–Trinajstić information content (AvgIpc) is 1.99. The van der Waals surface area contributed by atoms with Crippen molar-refractivity contribution in [2.75, 3.05) is 20.3 Å². The lowest BCUT2D eigenvalue weighted by Crippen LogP contribution is -2.31. The smallest absolute Gasteiger partial charge is 0.0909 e. The summed E-state index contributed by atoms with van der Waals surface area (Å²) in [6.07, 6.45) is 1.73. The van der Waals surface area contributed by atoms with Gasteiger partial charge in [-0.15, -0.1) is 0 Å². The van der Waals surface area contributed by atoms with Gasteiger partial charge in [0.15, 0.2) is 0 Å². The predicted molar refractivity (Wildman–Crippen MR) is 43.0 cm³/mol. The number of rotatable bonds is 5. The molecule has 0 radical (unpaired) electrons. The Balaban J connectivity index is 3.56. The van der Waals surface area contributed by atoms with Crippen LogP contribution in [0.15, 0.2) is 0 Å². The summed E-state index contributed by atoms with van der Waals surface area (Å²) in [4.78, 5) is 2.19. The molecule has 1 unspecified atom stereocenters. The lowest BCUT2D eigenvalue weighted by molar-refractivity contribution is 0.220. The van der Waals surface area contributed by atoms with Crippen LogP contribution in [0.4, 0.5) is 4.39 Å². The average molecular weight is 147 g/mol. The fourth-order valence-electron chi connectivity index (χ4n) is 1.12. The van der Waals surface area contributed by atoms with Gasteiger partial charge in [0, 0.05) is 6.04 Å². The predicted octanol–water partition coefficient (Wildman–Crippen LogP) is 2.08. The lowest BCUT2D eigenvalue weighted by Gasteiger charge is -2.24. The van der Waals surface area contributed by atoms with E-state index >= 15 is 0 Å². The second-order valence-corrected chi connectivity index (χ2v) is 2.61. The molecular formula is C8H18FN. The van der Waals surface area contributed by atoms with Gasteiger partial charge in [-0.25, -0.2) is 0 Å². The van der Waals surface area contributed by atoms with E-state index in [2.05, 4.69) is 18.7 Å². The normalized spacial score (nSPS) is 14.1. The van der Waals surface area contributed by atoms with Crippen LogP contribution in [-0.2, 0) is 0 Å². The standard InChI is InChI=1S/C8H18FN/c1-4-8(6-7-9)10(3)5-2/h8H,4-7H2,1-3H3. The van der Waals surface area contributed by atoms with Gasteiger partial charge in [0.1, 0.15) is 0 Å². The highest BCUT2D eigenvalue weighted by atomic mass is 19.1. The van der Waals surface area contributed by atoms with Crippen molar-refractivity contribution >= 4 is 0 Å². The third-order valence-electron chi connectivity index (χ3n) is 2.04. The topological polar surface area (TPSA) is 3.24 Å². The monoisotopic (exact) mass is 147 g/mol. The Morgan fingerprint density at radius 1 is 1.40 bits per heavy atom. The van der Waals surface area contributed by atoms with Crippen LogP contribution in [0.25, 0.3) is 0 Å². The summed E-state index contributed by atoms with van der Waals surface area (Å²) < 4.78 is 11.9. The van der Waals surface area contributed by atoms with Crippen LogP contribution < -0.4 is 0 Å². The fraction of sp³-hybridized carbons (Fsp3) is 1.00. The molecule has 0 spiro atoms. The maximum atomic E-state index is 11.9. The van der Waals surface area contributed by atoms with E-state index < -0.39 is 0 Å². The summed E-state index contributed by atoms with van der Waals surface area (Å²) in [5.74, 6) is 0. The number of hydrogen-bond donors (Lipinski definition) is 0. The van der Waals surface area contributed by atoms with Crippen molar-refractivity contribution in [3.8, 4) is 0 Å². The summed E-state index contributed by atoms with van der Waals surface area (Å²) >= 11 is 0. The first-order valence-corrected chi connectivity index (χ1v) is 4.02. The Morgan fingerprint density at radius 3 is 2.30 bits per heavy atom. The van der Waals surface area contributed by atoms with Gasteiger partial charge >= 0.3 is 0 Å². The van der Waals surface area contributed by atoms with Crippen molar-refractivity contribution in [3.05, 3.63) is 0 Å². The van der Waals surface area contributed by atoms with Crippen LogP contribution in [-0.4, -0.2) is 31.2 Å². The summed E-state index contributed by atoms with van der Waals surface area (Å²) in [5, 5.41) is 0. The molecule has 0 N–H and O–H groups in total. The third kappa shape index (κ3) is 3.16. The number of hydrogen-bond acceptors (Lipinski definition) is 1. The molecule has 0 aliphatic rings. The summed E-state index contributed by atoms with van der Waals surface area (Å²) in [5.41, 5.74) is 0. The molecule has 0 aromatic carbocycles. The van der Waals surface area contributed by atoms with E-state index in [9.17, 15) is 4.39 Å². The van der Waals surface area contributed by atoms with Gasteiger partial charge in [-0.05, 0) is 26.4 Å². The first-order valence-electron chi connectivity index (χ1n) is 4.02. The van der Waals surface area contributed by atoms with Crippen LogP contribution in [0.1, 0.15) is 26.7 Å². The highest BCUT2D eigenvalue weighted by Gasteiger charge is 2.09. The zero-order valence-electron chi connectivity index (χ0n) is 7.23. The van der Waals surface area contributed by atoms with E-state index in [1.54, 1.807) is 0 Å². The van der Waals surface area contributed by atoms with Gasteiger partial charge in [-0.1, -0.05) is 13.8 Å². The lowest BCUT2D eigenvalue weighted by atomic mass is 10.1. The summed E-state index contributed by atoms with van der Waals surface area (Å²) in [6, 6.07) is 0.440. The van der Waals surface area contributed by atoms with Crippen LogP contribution in [0.2, 0.25) is 0 Å². The maximum absolute atomic E-state index is 11.9. The van der Waals surface area contributed by atoms with Crippen LogP contribution in [0.5, 0.6) is 0 Å². The van der Waals surface area contributed by atoms with Crippen LogP contribution in [0.3, 0.4) is 0 Å². The fourth-order valence-corrected chi connectivity index (χ4v) is 1.12. The molecule has 0 bridgehead atoms.